The highest BCUT2D eigenvalue weighted by atomic mass is 79.9. The van der Waals surface area contributed by atoms with Gasteiger partial charge in [0.25, 0.3) is 0 Å². The van der Waals surface area contributed by atoms with Crippen LogP contribution in [0.25, 0.3) is 0 Å². The van der Waals surface area contributed by atoms with Crippen LogP contribution < -0.4 is 0 Å². The van der Waals surface area contributed by atoms with Gasteiger partial charge >= 0.3 is 0 Å². The molecule has 1 saturated carbocycles. The quantitative estimate of drug-likeness (QED) is 0.708. The fraction of sp³-hybridized carbons (Fsp3) is 1.00. The summed E-state index contributed by atoms with van der Waals surface area (Å²) in [5.41, 5.74) is 0.938. The molecule has 2 fully saturated rings. The summed E-state index contributed by atoms with van der Waals surface area (Å²) in [6.07, 6.45) is 2.67. The summed E-state index contributed by atoms with van der Waals surface area (Å²) in [6.45, 7) is 1.92. The smallest absolute Gasteiger partial charge is 0.0537 e. The second-order valence-corrected chi connectivity index (χ2v) is 4.94. The Hall–Kier alpha value is 0.920. The van der Waals surface area contributed by atoms with Crippen LogP contribution in [0.15, 0.2) is 0 Å². The SMILES string of the molecule is BrCC12CCC1(CBr)COC2. The van der Waals surface area contributed by atoms with E-state index in [4.69, 9.17) is 4.74 Å². The van der Waals surface area contributed by atoms with Crippen LogP contribution in [-0.4, -0.2) is 23.9 Å². The molecule has 1 aliphatic carbocycles. The first-order chi connectivity index (χ1) is 5.29. The third-order valence-corrected chi connectivity index (χ3v) is 5.62. The van der Waals surface area contributed by atoms with Crippen molar-refractivity contribution in [3.8, 4) is 0 Å². The average molecular weight is 284 g/mol. The highest BCUT2D eigenvalue weighted by molar-refractivity contribution is 9.09. The standard InChI is InChI=1S/C8H12Br2O/c9-3-7-1-2-8(7,4-10)6-11-5-7/h1-6H2. The van der Waals surface area contributed by atoms with Gasteiger partial charge in [-0.3, -0.25) is 0 Å². The number of alkyl halides is 2. The maximum absolute atomic E-state index is 5.56. The van der Waals surface area contributed by atoms with Crippen molar-refractivity contribution in [2.45, 2.75) is 12.8 Å². The molecule has 0 amide bonds. The summed E-state index contributed by atoms with van der Waals surface area (Å²) < 4.78 is 5.56. The van der Waals surface area contributed by atoms with Crippen molar-refractivity contribution in [1.82, 2.24) is 0 Å². The number of fused-ring (bicyclic) bond motifs is 1. The van der Waals surface area contributed by atoms with Gasteiger partial charge in [0.05, 0.1) is 13.2 Å². The van der Waals surface area contributed by atoms with Crippen molar-refractivity contribution in [1.29, 1.82) is 0 Å². The van der Waals surface area contributed by atoms with Gasteiger partial charge in [-0.05, 0) is 12.8 Å². The van der Waals surface area contributed by atoms with Crippen LogP contribution in [-0.2, 0) is 4.74 Å². The van der Waals surface area contributed by atoms with Gasteiger partial charge in [0.2, 0.25) is 0 Å². The lowest BCUT2D eigenvalue weighted by Gasteiger charge is -2.52. The lowest BCUT2D eigenvalue weighted by molar-refractivity contribution is 0.0164. The summed E-state index contributed by atoms with van der Waals surface area (Å²) in [5.74, 6) is 0. The number of hydrogen-bond acceptors (Lipinski definition) is 1. The molecule has 0 spiro atoms. The third kappa shape index (κ3) is 0.909. The molecule has 2 rings (SSSR count). The van der Waals surface area contributed by atoms with Gasteiger partial charge in [0.15, 0.2) is 0 Å². The summed E-state index contributed by atoms with van der Waals surface area (Å²) in [5, 5.41) is 2.21. The Kier molecular flexibility index (Phi) is 2.10. The van der Waals surface area contributed by atoms with E-state index >= 15 is 0 Å². The number of halogens is 2. The minimum atomic E-state index is 0.469. The first-order valence-corrected chi connectivity index (χ1v) is 6.23. The lowest BCUT2D eigenvalue weighted by atomic mass is 9.53. The molecule has 64 valence electrons. The van der Waals surface area contributed by atoms with E-state index in [0.29, 0.717) is 10.8 Å². The molecule has 1 nitrogen and oxygen atoms in total. The molecular formula is C8H12Br2O. The fourth-order valence-electron chi connectivity index (χ4n) is 2.22. The van der Waals surface area contributed by atoms with Crippen LogP contribution in [0.2, 0.25) is 0 Å². The van der Waals surface area contributed by atoms with E-state index in [-0.39, 0.29) is 0 Å². The lowest BCUT2D eigenvalue weighted by Crippen LogP contribution is -2.52. The van der Waals surface area contributed by atoms with E-state index < -0.39 is 0 Å². The van der Waals surface area contributed by atoms with E-state index in [1.54, 1.807) is 0 Å². The van der Waals surface area contributed by atoms with Crippen molar-refractivity contribution < 1.29 is 4.74 Å². The highest BCUT2D eigenvalue weighted by Crippen LogP contribution is 2.62. The molecule has 0 radical (unpaired) electrons. The number of ether oxygens (including phenoxy) is 1. The first kappa shape index (κ1) is 8.52. The molecule has 0 N–H and O–H groups in total. The normalized spacial score (nSPS) is 48.5. The zero-order valence-electron chi connectivity index (χ0n) is 6.41. The maximum atomic E-state index is 5.56. The van der Waals surface area contributed by atoms with E-state index in [0.717, 1.165) is 23.9 Å². The summed E-state index contributed by atoms with van der Waals surface area (Å²) in [4.78, 5) is 0. The number of rotatable bonds is 2. The van der Waals surface area contributed by atoms with Gasteiger partial charge < -0.3 is 4.74 Å². The first-order valence-electron chi connectivity index (χ1n) is 3.98. The highest BCUT2D eigenvalue weighted by Gasteiger charge is 2.61. The largest absolute Gasteiger partial charge is 0.380 e. The van der Waals surface area contributed by atoms with E-state index in [1.165, 1.54) is 12.8 Å². The molecule has 2 atom stereocenters. The van der Waals surface area contributed by atoms with E-state index in [1.807, 2.05) is 0 Å². The molecule has 2 aliphatic rings. The van der Waals surface area contributed by atoms with Crippen molar-refractivity contribution in [2.24, 2.45) is 10.8 Å². The molecule has 1 heterocycles. The van der Waals surface area contributed by atoms with Crippen molar-refractivity contribution >= 4 is 31.9 Å². The predicted octanol–water partition coefficient (Wildman–Crippen LogP) is 2.57. The summed E-state index contributed by atoms with van der Waals surface area (Å²) in [7, 11) is 0. The Morgan fingerprint density at radius 2 is 1.45 bits per heavy atom. The molecule has 3 heteroatoms. The molecule has 0 aromatic rings. The molecule has 0 aromatic heterocycles. The minimum absolute atomic E-state index is 0.469. The van der Waals surface area contributed by atoms with Crippen LogP contribution in [0, 0.1) is 10.8 Å². The van der Waals surface area contributed by atoms with Crippen LogP contribution in [0.5, 0.6) is 0 Å². The topological polar surface area (TPSA) is 9.23 Å². The Bertz CT molecular complexity index is 147. The molecule has 1 saturated heterocycles. The summed E-state index contributed by atoms with van der Waals surface area (Å²) >= 11 is 7.20. The van der Waals surface area contributed by atoms with Gasteiger partial charge in [-0.25, -0.2) is 0 Å². The van der Waals surface area contributed by atoms with Gasteiger partial charge in [0.1, 0.15) is 0 Å². The molecule has 0 aromatic carbocycles. The Labute approximate surface area is 84.1 Å². The van der Waals surface area contributed by atoms with Crippen LogP contribution in [0.3, 0.4) is 0 Å². The molecular weight excluding hydrogens is 272 g/mol. The van der Waals surface area contributed by atoms with Gasteiger partial charge in [-0.1, -0.05) is 31.9 Å². The average Bonchev–Trinajstić information content (AvgIpc) is 2.26. The van der Waals surface area contributed by atoms with Crippen LogP contribution in [0.1, 0.15) is 12.8 Å². The number of hydrogen-bond donors (Lipinski definition) is 0. The second kappa shape index (κ2) is 2.71. The minimum Gasteiger partial charge on any atom is -0.380 e. The predicted molar refractivity (Wildman–Crippen MR) is 52.5 cm³/mol. The zero-order chi connectivity index (χ0) is 7.95. The molecule has 0 bridgehead atoms. The van der Waals surface area contributed by atoms with Gasteiger partial charge in [0, 0.05) is 21.5 Å². The van der Waals surface area contributed by atoms with Crippen molar-refractivity contribution in [3.63, 3.8) is 0 Å². The van der Waals surface area contributed by atoms with E-state index in [2.05, 4.69) is 31.9 Å². The summed E-state index contributed by atoms with van der Waals surface area (Å²) in [6, 6.07) is 0. The zero-order valence-corrected chi connectivity index (χ0v) is 9.58. The molecule has 11 heavy (non-hydrogen) atoms. The van der Waals surface area contributed by atoms with Crippen LogP contribution >= 0.6 is 31.9 Å². The molecule has 2 unspecified atom stereocenters. The molecule has 1 aliphatic heterocycles. The van der Waals surface area contributed by atoms with Crippen molar-refractivity contribution in [3.05, 3.63) is 0 Å². The monoisotopic (exact) mass is 282 g/mol. The third-order valence-electron chi connectivity index (χ3n) is 3.48. The Balaban J connectivity index is 2.21. The Morgan fingerprint density at radius 3 is 1.73 bits per heavy atom. The second-order valence-electron chi connectivity index (χ2n) is 3.82. The maximum Gasteiger partial charge on any atom is 0.0537 e. The Morgan fingerprint density at radius 1 is 1.00 bits per heavy atom. The van der Waals surface area contributed by atoms with Crippen LogP contribution in [0.4, 0.5) is 0 Å². The van der Waals surface area contributed by atoms with Crippen molar-refractivity contribution in [2.75, 3.05) is 23.9 Å². The fourth-order valence-corrected chi connectivity index (χ4v) is 4.29. The van der Waals surface area contributed by atoms with Gasteiger partial charge in [-0.15, -0.1) is 0 Å². The van der Waals surface area contributed by atoms with E-state index in [9.17, 15) is 0 Å². The van der Waals surface area contributed by atoms with Gasteiger partial charge in [-0.2, -0.15) is 0 Å².